The van der Waals surface area contributed by atoms with Crippen molar-refractivity contribution in [2.75, 3.05) is 0 Å². The number of hydrogen-bond acceptors (Lipinski definition) is 3. The molecule has 3 rings (SSSR count). The average Bonchev–Trinajstić information content (AvgIpc) is 2.51. The lowest BCUT2D eigenvalue weighted by molar-refractivity contribution is 0.483. The van der Waals surface area contributed by atoms with Gasteiger partial charge in [0.1, 0.15) is 23.2 Å². The number of benzene rings is 2. The van der Waals surface area contributed by atoms with Crippen LogP contribution >= 0.6 is 15.9 Å². The van der Waals surface area contributed by atoms with Gasteiger partial charge in [0.2, 0.25) is 0 Å². The molecule has 0 saturated carbocycles. The Bertz CT molecular complexity index is 874. The van der Waals surface area contributed by atoms with Gasteiger partial charge in [0, 0.05) is 11.6 Å². The van der Waals surface area contributed by atoms with Crippen LogP contribution in [0, 0.1) is 17.1 Å². The van der Waals surface area contributed by atoms with Gasteiger partial charge in [-0.1, -0.05) is 12.1 Å². The highest BCUT2D eigenvalue weighted by molar-refractivity contribution is 9.10. The largest absolute Gasteiger partial charge is 0.455 e. The lowest BCUT2D eigenvalue weighted by atomic mass is 10.1. The minimum Gasteiger partial charge on any atom is -0.455 e. The molecule has 3 nitrogen and oxygen atoms in total. The van der Waals surface area contributed by atoms with Crippen molar-refractivity contribution >= 4 is 26.8 Å². The molecule has 1 aromatic heterocycles. The van der Waals surface area contributed by atoms with Crippen LogP contribution in [0.5, 0.6) is 11.5 Å². The predicted molar refractivity (Wildman–Crippen MR) is 80.6 cm³/mol. The van der Waals surface area contributed by atoms with Crippen LogP contribution in [0.3, 0.4) is 0 Å². The Kier molecular flexibility index (Phi) is 3.55. The minimum atomic E-state index is -0.373. The summed E-state index contributed by atoms with van der Waals surface area (Å²) in [5.41, 5.74) is 1.06. The van der Waals surface area contributed by atoms with Crippen molar-refractivity contribution in [1.29, 1.82) is 5.26 Å². The number of aromatic nitrogens is 1. The number of halogens is 2. The molecule has 0 unspecified atom stereocenters. The van der Waals surface area contributed by atoms with E-state index in [2.05, 4.69) is 27.0 Å². The zero-order chi connectivity index (χ0) is 14.8. The summed E-state index contributed by atoms with van der Waals surface area (Å²) >= 11 is 3.11. The zero-order valence-corrected chi connectivity index (χ0v) is 12.3. The first-order valence-corrected chi connectivity index (χ1v) is 6.89. The molecule has 0 aliphatic heterocycles. The molecule has 0 spiro atoms. The van der Waals surface area contributed by atoms with Crippen molar-refractivity contribution in [3.05, 3.63) is 64.5 Å². The van der Waals surface area contributed by atoms with Gasteiger partial charge in [-0.25, -0.2) is 4.39 Å². The summed E-state index contributed by atoms with van der Waals surface area (Å²) in [7, 11) is 0. The summed E-state index contributed by atoms with van der Waals surface area (Å²) in [6.07, 6.45) is 1.47. The molecule has 0 atom stereocenters. The van der Waals surface area contributed by atoms with E-state index in [1.165, 1.54) is 24.4 Å². The van der Waals surface area contributed by atoms with Crippen LogP contribution in [0.1, 0.15) is 5.56 Å². The summed E-state index contributed by atoms with van der Waals surface area (Å²) in [5, 5.41) is 9.95. The molecule has 0 amide bonds. The van der Waals surface area contributed by atoms with Gasteiger partial charge in [0.05, 0.1) is 9.99 Å². The Labute approximate surface area is 128 Å². The van der Waals surface area contributed by atoms with Gasteiger partial charge in [-0.3, -0.25) is 4.98 Å². The van der Waals surface area contributed by atoms with Crippen molar-refractivity contribution in [2.45, 2.75) is 0 Å². The molecule has 0 aliphatic carbocycles. The summed E-state index contributed by atoms with van der Waals surface area (Å²) in [6.45, 7) is 0. The second-order valence-electron chi connectivity index (χ2n) is 4.31. The topological polar surface area (TPSA) is 45.9 Å². The standard InChI is InChI=1S/C16H8BrFN2O/c17-13-7-11(5-6-14(13)18)21-16-10(8-19)9-20-15-4-2-1-3-12(15)16/h1-7,9H. The average molecular weight is 343 g/mol. The quantitative estimate of drug-likeness (QED) is 0.671. The molecule has 0 aliphatic rings. The Hall–Kier alpha value is -2.45. The highest BCUT2D eigenvalue weighted by Gasteiger charge is 2.12. The Balaban J connectivity index is 2.14. The Morgan fingerprint density at radius 3 is 2.76 bits per heavy atom. The minimum absolute atomic E-state index is 0.303. The maximum absolute atomic E-state index is 13.3. The SMILES string of the molecule is N#Cc1cnc2ccccc2c1Oc1ccc(F)c(Br)c1. The van der Waals surface area contributed by atoms with Crippen LogP contribution in [0.25, 0.3) is 10.9 Å². The summed E-state index contributed by atoms with van der Waals surface area (Å²) in [6, 6.07) is 13.8. The van der Waals surface area contributed by atoms with Gasteiger partial charge < -0.3 is 4.74 Å². The monoisotopic (exact) mass is 342 g/mol. The van der Waals surface area contributed by atoms with E-state index in [1.807, 2.05) is 24.3 Å². The maximum Gasteiger partial charge on any atom is 0.156 e. The van der Waals surface area contributed by atoms with Crippen molar-refractivity contribution in [1.82, 2.24) is 4.98 Å². The lowest BCUT2D eigenvalue weighted by Gasteiger charge is -2.10. The third-order valence-electron chi connectivity index (χ3n) is 2.96. The highest BCUT2D eigenvalue weighted by atomic mass is 79.9. The fourth-order valence-corrected chi connectivity index (χ4v) is 2.32. The zero-order valence-electron chi connectivity index (χ0n) is 10.7. The van der Waals surface area contributed by atoms with Crippen LogP contribution in [-0.4, -0.2) is 4.98 Å². The van der Waals surface area contributed by atoms with E-state index in [4.69, 9.17) is 4.74 Å². The molecule has 0 fully saturated rings. The molecule has 0 bridgehead atoms. The van der Waals surface area contributed by atoms with Gasteiger partial charge in [0.15, 0.2) is 5.75 Å². The molecule has 3 aromatic rings. The van der Waals surface area contributed by atoms with Crippen molar-refractivity contribution < 1.29 is 9.13 Å². The normalized spacial score (nSPS) is 10.3. The van der Waals surface area contributed by atoms with E-state index in [0.29, 0.717) is 21.5 Å². The highest BCUT2D eigenvalue weighted by Crippen LogP contribution is 2.33. The molecule has 21 heavy (non-hydrogen) atoms. The third kappa shape index (κ3) is 2.58. The summed E-state index contributed by atoms with van der Waals surface area (Å²) < 4.78 is 19.4. The first kappa shape index (κ1) is 13.5. The molecule has 1 heterocycles. The van der Waals surface area contributed by atoms with Gasteiger partial charge in [0.25, 0.3) is 0 Å². The number of para-hydroxylation sites is 1. The number of rotatable bonds is 2. The molecule has 0 N–H and O–H groups in total. The summed E-state index contributed by atoms with van der Waals surface area (Å²) in [4.78, 5) is 4.21. The van der Waals surface area contributed by atoms with E-state index in [-0.39, 0.29) is 5.82 Å². The molecule has 2 aromatic carbocycles. The fraction of sp³-hybridized carbons (Fsp3) is 0. The van der Waals surface area contributed by atoms with Gasteiger partial charge >= 0.3 is 0 Å². The van der Waals surface area contributed by atoms with Crippen LogP contribution in [-0.2, 0) is 0 Å². The molecule has 5 heteroatoms. The van der Waals surface area contributed by atoms with Crippen LogP contribution in [0.2, 0.25) is 0 Å². The maximum atomic E-state index is 13.3. The third-order valence-corrected chi connectivity index (χ3v) is 3.57. The number of hydrogen-bond donors (Lipinski definition) is 0. The van der Waals surface area contributed by atoms with Crippen molar-refractivity contribution in [3.63, 3.8) is 0 Å². The van der Waals surface area contributed by atoms with Gasteiger partial charge in [-0.15, -0.1) is 0 Å². The molecular formula is C16H8BrFN2O. The van der Waals surface area contributed by atoms with Crippen LogP contribution < -0.4 is 4.74 Å². The van der Waals surface area contributed by atoms with Crippen molar-refractivity contribution in [3.8, 4) is 17.6 Å². The number of fused-ring (bicyclic) bond motifs is 1. The summed E-state index contributed by atoms with van der Waals surface area (Å²) in [5.74, 6) is 0.486. The number of ether oxygens (including phenoxy) is 1. The van der Waals surface area contributed by atoms with Crippen LogP contribution in [0.4, 0.5) is 4.39 Å². The number of pyridine rings is 1. The molecular weight excluding hydrogens is 335 g/mol. The molecule has 102 valence electrons. The van der Waals surface area contributed by atoms with E-state index in [9.17, 15) is 9.65 Å². The Morgan fingerprint density at radius 2 is 2.00 bits per heavy atom. The van der Waals surface area contributed by atoms with E-state index in [1.54, 1.807) is 0 Å². The smallest absolute Gasteiger partial charge is 0.156 e. The lowest BCUT2D eigenvalue weighted by Crippen LogP contribution is -1.92. The Morgan fingerprint density at radius 1 is 1.19 bits per heavy atom. The number of nitrogens with zero attached hydrogens (tertiary/aromatic N) is 2. The van der Waals surface area contributed by atoms with Gasteiger partial charge in [-0.05, 0) is 46.3 Å². The predicted octanol–water partition coefficient (Wildman–Crippen LogP) is 4.80. The van der Waals surface area contributed by atoms with E-state index in [0.717, 1.165) is 10.9 Å². The van der Waals surface area contributed by atoms with E-state index < -0.39 is 0 Å². The molecule has 0 saturated heterocycles. The first-order valence-electron chi connectivity index (χ1n) is 6.10. The van der Waals surface area contributed by atoms with Gasteiger partial charge in [-0.2, -0.15) is 5.26 Å². The second kappa shape index (κ2) is 5.51. The first-order chi connectivity index (χ1) is 10.2. The van der Waals surface area contributed by atoms with Crippen molar-refractivity contribution in [2.24, 2.45) is 0 Å². The second-order valence-corrected chi connectivity index (χ2v) is 5.16. The fourth-order valence-electron chi connectivity index (χ4n) is 1.96. The number of nitriles is 1. The van der Waals surface area contributed by atoms with Crippen LogP contribution in [0.15, 0.2) is 53.1 Å². The molecule has 0 radical (unpaired) electrons. The van der Waals surface area contributed by atoms with E-state index >= 15 is 0 Å².